The fourth-order valence-electron chi connectivity index (χ4n) is 0.388. The minimum Gasteiger partial charge on any atom is -0.306 e. The van der Waals surface area contributed by atoms with Gasteiger partial charge in [0.05, 0.1) is 12.4 Å². The lowest BCUT2D eigenvalue weighted by Gasteiger charge is -1.93. The average Bonchev–Trinajstić information content (AvgIpc) is 1.88. The third-order valence-corrected chi connectivity index (χ3v) is 1.29. The molecule has 0 aliphatic heterocycles. The van der Waals surface area contributed by atoms with Crippen molar-refractivity contribution >= 4 is 33.6 Å². The Morgan fingerprint density at radius 3 is 2.78 bits per heavy atom. The van der Waals surface area contributed by atoms with Crippen molar-refractivity contribution in [3.63, 3.8) is 0 Å². The van der Waals surface area contributed by atoms with Gasteiger partial charge in [0, 0.05) is 16.1 Å². The van der Waals surface area contributed by atoms with Gasteiger partial charge in [-0.3, -0.25) is 4.98 Å². The van der Waals surface area contributed by atoms with Crippen LogP contribution in [0.3, 0.4) is 0 Å². The molecule has 0 aromatic carbocycles. The van der Waals surface area contributed by atoms with Crippen molar-refractivity contribution in [3.8, 4) is 0 Å². The lowest BCUT2D eigenvalue weighted by molar-refractivity contribution is 1.21. The van der Waals surface area contributed by atoms with Crippen LogP contribution in [-0.2, 0) is 0 Å². The van der Waals surface area contributed by atoms with E-state index in [0.29, 0.717) is 11.0 Å². The number of nitrogens with one attached hydrogen (secondary N) is 1. The average molecular weight is 208 g/mol. The van der Waals surface area contributed by atoms with Crippen LogP contribution in [0, 0.1) is 0 Å². The van der Waals surface area contributed by atoms with Crippen molar-refractivity contribution in [1.29, 1.82) is 0 Å². The molecule has 3 nitrogen and oxygen atoms in total. The summed E-state index contributed by atoms with van der Waals surface area (Å²) in [5, 5.41) is 0.374. The maximum atomic E-state index is 5.49. The van der Waals surface area contributed by atoms with Crippen LogP contribution in [0.5, 0.6) is 0 Å². The van der Waals surface area contributed by atoms with Gasteiger partial charge in [0.15, 0.2) is 5.82 Å². The largest absolute Gasteiger partial charge is 0.306 e. The van der Waals surface area contributed by atoms with E-state index in [1.54, 1.807) is 6.20 Å². The summed E-state index contributed by atoms with van der Waals surface area (Å²) in [4.78, 5) is 7.60. The van der Waals surface area contributed by atoms with E-state index in [0.717, 1.165) is 0 Å². The van der Waals surface area contributed by atoms with Gasteiger partial charge in [0.25, 0.3) is 0 Å². The van der Waals surface area contributed by atoms with E-state index < -0.39 is 0 Å². The van der Waals surface area contributed by atoms with Crippen LogP contribution in [0.4, 0.5) is 5.82 Å². The van der Waals surface area contributed by atoms with Gasteiger partial charge in [-0.05, 0) is 0 Å². The molecule has 0 radical (unpaired) electrons. The fourth-order valence-corrected chi connectivity index (χ4v) is 0.726. The van der Waals surface area contributed by atoms with Gasteiger partial charge in [-0.2, -0.15) is 0 Å². The third kappa shape index (κ3) is 1.80. The second-order valence-corrected chi connectivity index (χ2v) is 2.11. The van der Waals surface area contributed by atoms with Crippen LogP contribution in [0.1, 0.15) is 0 Å². The van der Waals surface area contributed by atoms with Crippen molar-refractivity contribution in [2.24, 2.45) is 0 Å². The molecule has 0 atom stereocenters. The zero-order valence-corrected chi connectivity index (χ0v) is 6.65. The zero-order valence-electron chi connectivity index (χ0n) is 4.31. The molecular formula is C4H3BrClN3. The predicted molar refractivity (Wildman–Crippen MR) is 39.6 cm³/mol. The highest BCUT2D eigenvalue weighted by atomic mass is 79.9. The number of nitrogens with zero attached hydrogens (tertiary/aromatic N) is 2. The molecule has 1 aromatic heterocycles. The molecule has 0 fully saturated rings. The van der Waals surface area contributed by atoms with Crippen molar-refractivity contribution in [2.75, 3.05) is 4.34 Å². The Balaban J connectivity index is 2.94. The molecule has 1 rings (SSSR count). The molecule has 0 amide bonds. The molecule has 1 aromatic rings. The normalized spacial score (nSPS) is 9.11. The molecule has 0 saturated carbocycles. The molecule has 0 bridgehead atoms. The van der Waals surface area contributed by atoms with Gasteiger partial charge in [-0.15, -0.1) is 0 Å². The van der Waals surface area contributed by atoms with Gasteiger partial charge in [-0.25, -0.2) is 4.98 Å². The minimum atomic E-state index is 0.374. The van der Waals surface area contributed by atoms with E-state index >= 15 is 0 Å². The minimum absolute atomic E-state index is 0.374. The SMILES string of the molecule is Clc1cncc(NBr)n1. The standard InChI is InChI=1S/C4H3BrClN3/c5-9-4-2-7-1-3(6)8-4/h1-2H,(H,8,9). The van der Waals surface area contributed by atoms with Gasteiger partial charge >= 0.3 is 0 Å². The van der Waals surface area contributed by atoms with Gasteiger partial charge in [0.2, 0.25) is 0 Å². The second kappa shape index (κ2) is 2.98. The van der Waals surface area contributed by atoms with Crippen molar-refractivity contribution in [3.05, 3.63) is 17.5 Å². The van der Waals surface area contributed by atoms with Crippen LogP contribution in [0.25, 0.3) is 0 Å². The molecule has 48 valence electrons. The van der Waals surface area contributed by atoms with Crippen LogP contribution in [0.2, 0.25) is 5.15 Å². The Labute approximate surface area is 65.8 Å². The highest BCUT2D eigenvalue weighted by Crippen LogP contribution is 2.07. The van der Waals surface area contributed by atoms with E-state index in [1.807, 2.05) is 0 Å². The second-order valence-electron chi connectivity index (χ2n) is 1.32. The lowest BCUT2D eigenvalue weighted by atomic mass is 10.7. The summed E-state index contributed by atoms with van der Waals surface area (Å²) in [5.41, 5.74) is 0. The zero-order chi connectivity index (χ0) is 6.69. The molecule has 9 heavy (non-hydrogen) atoms. The Morgan fingerprint density at radius 1 is 1.56 bits per heavy atom. The van der Waals surface area contributed by atoms with Crippen LogP contribution in [-0.4, -0.2) is 9.97 Å². The summed E-state index contributed by atoms with van der Waals surface area (Å²) < 4.78 is 2.62. The van der Waals surface area contributed by atoms with Crippen molar-refractivity contribution < 1.29 is 0 Å². The first-order valence-corrected chi connectivity index (χ1v) is 3.34. The first kappa shape index (κ1) is 6.77. The Bertz CT molecular complexity index is 205. The maximum Gasteiger partial charge on any atom is 0.156 e. The summed E-state index contributed by atoms with van der Waals surface area (Å²) in [7, 11) is 0. The molecule has 5 heteroatoms. The van der Waals surface area contributed by atoms with Crippen molar-refractivity contribution in [1.82, 2.24) is 9.97 Å². The number of hydrogen-bond donors (Lipinski definition) is 1. The number of hydrogen-bond acceptors (Lipinski definition) is 3. The molecule has 0 aliphatic rings. The van der Waals surface area contributed by atoms with E-state index in [1.165, 1.54) is 6.20 Å². The summed E-state index contributed by atoms with van der Waals surface area (Å²) >= 11 is 8.47. The summed E-state index contributed by atoms with van der Waals surface area (Å²) in [6.07, 6.45) is 3.02. The molecule has 0 unspecified atom stereocenters. The molecule has 0 aliphatic carbocycles. The van der Waals surface area contributed by atoms with Crippen LogP contribution >= 0.6 is 27.7 Å². The van der Waals surface area contributed by atoms with Crippen molar-refractivity contribution in [2.45, 2.75) is 0 Å². The van der Waals surface area contributed by atoms with Crippen LogP contribution < -0.4 is 4.34 Å². The summed E-state index contributed by atoms with van der Waals surface area (Å²) in [5.74, 6) is 0.600. The third-order valence-electron chi connectivity index (χ3n) is 0.702. The Kier molecular flexibility index (Phi) is 2.24. The first-order chi connectivity index (χ1) is 4.33. The summed E-state index contributed by atoms with van der Waals surface area (Å²) in [6.45, 7) is 0. The van der Waals surface area contributed by atoms with E-state index in [-0.39, 0.29) is 0 Å². The number of halogens is 2. The number of anilines is 1. The quantitative estimate of drug-likeness (QED) is 0.716. The fraction of sp³-hybridized carbons (Fsp3) is 0. The van der Waals surface area contributed by atoms with Gasteiger partial charge < -0.3 is 4.34 Å². The van der Waals surface area contributed by atoms with Crippen LogP contribution in [0.15, 0.2) is 12.4 Å². The summed E-state index contributed by atoms with van der Waals surface area (Å²) in [6, 6.07) is 0. The van der Waals surface area contributed by atoms with E-state index in [2.05, 4.69) is 30.5 Å². The lowest BCUT2D eigenvalue weighted by Crippen LogP contribution is -1.85. The highest BCUT2D eigenvalue weighted by Gasteiger charge is 1.90. The maximum absolute atomic E-state index is 5.49. The molecule has 1 heterocycles. The highest BCUT2D eigenvalue weighted by molar-refractivity contribution is 9.10. The molecule has 1 N–H and O–H groups in total. The van der Waals surface area contributed by atoms with E-state index in [4.69, 9.17) is 11.6 Å². The Morgan fingerprint density at radius 2 is 2.33 bits per heavy atom. The molecular weight excluding hydrogens is 205 g/mol. The topological polar surface area (TPSA) is 37.8 Å². The van der Waals surface area contributed by atoms with Gasteiger partial charge in [-0.1, -0.05) is 11.6 Å². The predicted octanol–water partition coefficient (Wildman–Crippen LogP) is 1.85. The number of aromatic nitrogens is 2. The number of rotatable bonds is 1. The monoisotopic (exact) mass is 207 g/mol. The molecule has 0 spiro atoms. The Hall–Kier alpha value is -0.350. The first-order valence-electron chi connectivity index (χ1n) is 2.17. The van der Waals surface area contributed by atoms with Gasteiger partial charge in [0.1, 0.15) is 5.15 Å². The molecule has 0 saturated heterocycles. The van der Waals surface area contributed by atoms with E-state index in [9.17, 15) is 0 Å². The smallest absolute Gasteiger partial charge is 0.156 e.